The fourth-order valence-electron chi connectivity index (χ4n) is 2.43. The van der Waals surface area contributed by atoms with Gasteiger partial charge in [0.1, 0.15) is 19.0 Å². The maximum absolute atomic E-state index is 11.8. The molecule has 1 aromatic carbocycles. The van der Waals surface area contributed by atoms with E-state index >= 15 is 0 Å². The van der Waals surface area contributed by atoms with Crippen molar-refractivity contribution < 1.29 is 14.6 Å². The molecule has 148 valence electrons. The summed E-state index contributed by atoms with van der Waals surface area (Å²) in [6.45, 7) is 9.64. The molecule has 0 heterocycles. The Hall–Kier alpha value is -1.61. The van der Waals surface area contributed by atoms with Gasteiger partial charge in [0.2, 0.25) is 0 Å². The van der Waals surface area contributed by atoms with E-state index in [0.29, 0.717) is 12.5 Å². The number of rotatable bonds is 9. The molecule has 0 bridgehead atoms. The van der Waals surface area contributed by atoms with Gasteiger partial charge < -0.3 is 9.84 Å². The molecule has 0 saturated heterocycles. The minimum absolute atomic E-state index is 0. The van der Waals surface area contributed by atoms with E-state index < -0.39 is 12.0 Å². The maximum atomic E-state index is 11.8. The molecule has 25 heavy (non-hydrogen) atoms. The molecular weight excluding hydrogens is 312 g/mol. The van der Waals surface area contributed by atoms with E-state index in [0.717, 1.165) is 18.6 Å². The fraction of sp³-hybridized carbons (Fsp3) is 0.591. The molecule has 0 saturated carbocycles. The van der Waals surface area contributed by atoms with Gasteiger partial charge in [0, 0.05) is 5.41 Å². The lowest BCUT2D eigenvalue weighted by molar-refractivity contribution is -0.130. The van der Waals surface area contributed by atoms with Gasteiger partial charge in [-0.1, -0.05) is 75.3 Å². The number of hydrogen-bond acceptors (Lipinski definition) is 3. The molecule has 3 heteroatoms. The third kappa shape index (κ3) is 9.45. The highest BCUT2D eigenvalue weighted by atomic mass is 16.5. The lowest BCUT2D eigenvalue weighted by Crippen LogP contribution is -2.29. The van der Waals surface area contributed by atoms with Crippen LogP contribution in [0.1, 0.15) is 74.8 Å². The topological polar surface area (TPSA) is 46.5 Å². The van der Waals surface area contributed by atoms with Crippen LogP contribution in [0.5, 0.6) is 5.75 Å². The molecule has 0 amide bonds. The molecule has 0 radical (unpaired) electrons. The molecule has 1 aromatic rings. The van der Waals surface area contributed by atoms with Crippen LogP contribution in [0.3, 0.4) is 0 Å². The van der Waals surface area contributed by atoms with E-state index in [1.54, 1.807) is 6.08 Å². The summed E-state index contributed by atoms with van der Waals surface area (Å²) in [5, 5.41) is 9.07. The Morgan fingerprint density at radius 2 is 1.72 bits per heavy atom. The van der Waals surface area contributed by atoms with Crippen LogP contribution in [0.25, 0.3) is 0 Å². The number of aliphatic hydroxyl groups excluding tert-OH is 1. The van der Waals surface area contributed by atoms with Gasteiger partial charge in [-0.05, 0) is 36.5 Å². The summed E-state index contributed by atoms with van der Waals surface area (Å²) in [5.74, 6) is 1.01. The zero-order valence-corrected chi connectivity index (χ0v) is 13.3. The summed E-state index contributed by atoms with van der Waals surface area (Å²) in [4.78, 5) is 11.8. The number of benzene rings is 1. The molecule has 0 aliphatic carbocycles. The standard InChI is InChI=1S/C18H26O3.4CH4/c1-5-11-21-16-9-7-15(8-10-16)14(6-2)12-18(3,4)17(20)13-19;;;;/h5,7-10,14,19H,1,6,11-13H2,2-4H3;4*1H4. The minimum atomic E-state index is -0.507. The second kappa shape index (κ2) is 14.7. The Labute approximate surface area is 157 Å². The third-order valence-electron chi connectivity index (χ3n) is 3.87. The molecule has 0 aromatic heterocycles. The molecule has 3 nitrogen and oxygen atoms in total. The predicted octanol–water partition coefficient (Wildman–Crippen LogP) is 6.27. The summed E-state index contributed by atoms with van der Waals surface area (Å²) in [5.41, 5.74) is 0.690. The highest BCUT2D eigenvalue weighted by molar-refractivity contribution is 5.85. The number of aliphatic hydroxyl groups is 1. The fourth-order valence-corrected chi connectivity index (χ4v) is 2.43. The molecule has 1 atom stereocenters. The Bertz CT molecular complexity index is 461. The van der Waals surface area contributed by atoms with Gasteiger partial charge in [0.25, 0.3) is 0 Å². The van der Waals surface area contributed by atoms with Gasteiger partial charge in [0.05, 0.1) is 0 Å². The number of hydrogen-bond donors (Lipinski definition) is 1. The van der Waals surface area contributed by atoms with Crippen molar-refractivity contribution in [3.8, 4) is 5.75 Å². The van der Waals surface area contributed by atoms with Crippen molar-refractivity contribution in [2.45, 2.75) is 69.2 Å². The van der Waals surface area contributed by atoms with Crippen LogP contribution in [-0.4, -0.2) is 24.1 Å². The molecule has 1 unspecified atom stereocenters. The monoisotopic (exact) mass is 354 g/mol. The highest BCUT2D eigenvalue weighted by Gasteiger charge is 2.30. The molecule has 0 aliphatic rings. The summed E-state index contributed by atoms with van der Waals surface area (Å²) in [6, 6.07) is 7.99. The molecule has 1 rings (SSSR count). The van der Waals surface area contributed by atoms with Crippen molar-refractivity contribution in [1.82, 2.24) is 0 Å². The number of Topliss-reactive ketones (excluding diaryl/α,β-unsaturated/α-hetero) is 1. The van der Waals surface area contributed by atoms with Crippen LogP contribution in [0.4, 0.5) is 0 Å². The van der Waals surface area contributed by atoms with E-state index in [-0.39, 0.29) is 35.5 Å². The average Bonchev–Trinajstić information content (AvgIpc) is 2.50. The first-order valence-corrected chi connectivity index (χ1v) is 7.42. The molecule has 0 fully saturated rings. The van der Waals surface area contributed by atoms with Crippen molar-refractivity contribution in [1.29, 1.82) is 0 Å². The van der Waals surface area contributed by atoms with E-state index in [1.807, 2.05) is 38.1 Å². The van der Waals surface area contributed by atoms with E-state index in [9.17, 15) is 4.79 Å². The van der Waals surface area contributed by atoms with Crippen LogP contribution in [-0.2, 0) is 4.79 Å². The van der Waals surface area contributed by atoms with E-state index in [1.165, 1.54) is 5.56 Å². The van der Waals surface area contributed by atoms with Crippen LogP contribution in [0.15, 0.2) is 36.9 Å². The van der Waals surface area contributed by atoms with Gasteiger partial charge in [-0.25, -0.2) is 0 Å². The van der Waals surface area contributed by atoms with Crippen molar-refractivity contribution in [3.05, 3.63) is 42.5 Å². The maximum Gasteiger partial charge on any atom is 0.163 e. The predicted molar refractivity (Wildman–Crippen MR) is 113 cm³/mol. The first-order valence-electron chi connectivity index (χ1n) is 7.42. The molecule has 0 spiro atoms. The van der Waals surface area contributed by atoms with Crippen LogP contribution in [0, 0.1) is 5.41 Å². The minimum Gasteiger partial charge on any atom is -0.490 e. The van der Waals surface area contributed by atoms with Crippen molar-refractivity contribution in [2.75, 3.05) is 13.2 Å². The van der Waals surface area contributed by atoms with Crippen LogP contribution >= 0.6 is 0 Å². The van der Waals surface area contributed by atoms with Gasteiger partial charge in [-0.3, -0.25) is 4.79 Å². The zero-order chi connectivity index (χ0) is 15.9. The lowest BCUT2D eigenvalue weighted by atomic mass is 9.76. The van der Waals surface area contributed by atoms with Crippen LogP contribution < -0.4 is 4.74 Å². The Morgan fingerprint density at radius 3 is 2.12 bits per heavy atom. The molecule has 0 aliphatic heterocycles. The Morgan fingerprint density at radius 1 is 1.20 bits per heavy atom. The zero-order valence-electron chi connectivity index (χ0n) is 13.3. The summed E-state index contributed by atoms with van der Waals surface area (Å²) < 4.78 is 5.47. The summed E-state index contributed by atoms with van der Waals surface area (Å²) in [6.07, 6.45) is 3.40. The van der Waals surface area contributed by atoms with Gasteiger partial charge in [-0.15, -0.1) is 0 Å². The first kappa shape index (κ1) is 31.2. The highest BCUT2D eigenvalue weighted by Crippen LogP contribution is 2.35. The number of ketones is 1. The third-order valence-corrected chi connectivity index (χ3v) is 3.87. The quantitative estimate of drug-likeness (QED) is 0.532. The van der Waals surface area contributed by atoms with Gasteiger partial charge >= 0.3 is 0 Å². The van der Waals surface area contributed by atoms with E-state index in [2.05, 4.69) is 13.5 Å². The van der Waals surface area contributed by atoms with E-state index in [4.69, 9.17) is 9.84 Å². The first-order chi connectivity index (χ1) is 9.94. The number of carbonyl (C=O) groups excluding carboxylic acids is 1. The van der Waals surface area contributed by atoms with Crippen LogP contribution in [0.2, 0.25) is 0 Å². The van der Waals surface area contributed by atoms with Crippen molar-refractivity contribution in [3.63, 3.8) is 0 Å². The van der Waals surface area contributed by atoms with Gasteiger partial charge in [0.15, 0.2) is 5.78 Å². The lowest BCUT2D eigenvalue weighted by Gasteiger charge is -2.27. The number of carbonyl (C=O) groups is 1. The van der Waals surface area contributed by atoms with Crippen molar-refractivity contribution >= 4 is 5.78 Å². The summed E-state index contributed by atoms with van der Waals surface area (Å²) >= 11 is 0. The Kier molecular flexibility index (Phi) is 18.4. The average molecular weight is 355 g/mol. The van der Waals surface area contributed by atoms with Crippen molar-refractivity contribution in [2.24, 2.45) is 5.41 Å². The SMILES string of the molecule is C.C.C.C.C=CCOc1ccc(C(CC)CC(C)(C)C(=O)CO)cc1. The molecule has 1 N–H and O–H groups in total. The smallest absolute Gasteiger partial charge is 0.163 e. The largest absolute Gasteiger partial charge is 0.490 e. The van der Waals surface area contributed by atoms with Gasteiger partial charge in [-0.2, -0.15) is 0 Å². The second-order valence-electron chi connectivity index (χ2n) is 5.94. The second-order valence-corrected chi connectivity index (χ2v) is 5.94. The summed E-state index contributed by atoms with van der Waals surface area (Å²) in [7, 11) is 0. The number of ether oxygens (including phenoxy) is 1. The Balaban J connectivity index is -0.000000551. The molecular formula is C22H42O3. The normalized spacial score (nSPS) is 10.7.